The van der Waals surface area contributed by atoms with Gasteiger partial charge in [-0.3, -0.25) is 0 Å². The molecule has 100 valence electrons. The molecule has 1 heterocycles. The first-order valence-electron chi connectivity index (χ1n) is 6.79. The Morgan fingerprint density at radius 3 is 2.84 bits per heavy atom. The molecule has 3 nitrogen and oxygen atoms in total. The number of benzene rings is 1. The Bertz CT molecular complexity index is 537. The molecule has 0 saturated carbocycles. The van der Waals surface area contributed by atoms with Crippen LogP contribution in [0, 0.1) is 6.92 Å². The van der Waals surface area contributed by atoms with Crippen molar-refractivity contribution in [2.75, 3.05) is 0 Å². The van der Waals surface area contributed by atoms with Gasteiger partial charge in [0.1, 0.15) is 5.82 Å². The van der Waals surface area contributed by atoms with Crippen molar-refractivity contribution in [2.45, 2.75) is 39.2 Å². The first kappa shape index (κ1) is 13.7. The zero-order valence-electron chi connectivity index (χ0n) is 11.6. The molecule has 0 amide bonds. The summed E-state index contributed by atoms with van der Waals surface area (Å²) < 4.78 is 0. The van der Waals surface area contributed by atoms with Crippen molar-refractivity contribution < 1.29 is 0 Å². The monoisotopic (exact) mass is 255 g/mol. The summed E-state index contributed by atoms with van der Waals surface area (Å²) in [5.41, 5.74) is 9.51. The lowest BCUT2D eigenvalue weighted by molar-refractivity contribution is 0.633. The van der Waals surface area contributed by atoms with Crippen molar-refractivity contribution >= 4 is 0 Å². The van der Waals surface area contributed by atoms with E-state index >= 15 is 0 Å². The number of aryl methyl sites for hydroxylation is 1. The van der Waals surface area contributed by atoms with E-state index in [4.69, 9.17) is 5.73 Å². The molecule has 3 heteroatoms. The molecule has 2 rings (SSSR count). The molecule has 0 bridgehead atoms. The van der Waals surface area contributed by atoms with Crippen LogP contribution in [-0.2, 0) is 12.8 Å². The van der Waals surface area contributed by atoms with Crippen LogP contribution >= 0.6 is 0 Å². The van der Waals surface area contributed by atoms with E-state index < -0.39 is 0 Å². The van der Waals surface area contributed by atoms with E-state index in [0.717, 1.165) is 30.8 Å². The van der Waals surface area contributed by atoms with Crippen LogP contribution in [-0.4, -0.2) is 16.0 Å². The molecule has 1 aromatic carbocycles. The molecular weight excluding hydrogens is 234 g/mol. The van der Waals surface area contributed by atoms with Gasteiger partial charge >= 0.3 is 0 Å². The van der Waals surface area contributed by atoms with Crippen molar-refractivity contribution in [3.05, 3.63) is 59.2 Å². The highest BCUT2D eigenvalue weighted by Crippen LogP contribution is 2.09. The van der Waals surface area contributed by atoms with E-state index in [-0.39, 0.29) is 6.04 Å². The van der Waals surface area contributed by atoms with Gasteiger partial charge in [0.25, 0.3) is 0 Å². The van der Waals surface area contributed by atoms with E-state index in [9.17, 15) is 0 Å². The van der Waals surface area contributed by atoms with Crippen LogP contribution in [0.25, 0.3) is 0 Å². The summed E-state index contributed by atoms with van der Waals surface area (Å²) in [5, 5.41) is 0. The molecule has 0 spiro atoms. The molecule has 1 unspecified atom stereocenters. The van der Waals surface area contributed by atoms with Crippen LogP contribution in [0.1, 0.15) is 36.0 Å². The maximum atomic E-state index is 5.97. The number of nitrogens with two attached hydrogens (primary N) is 1. The van der Waals surface area contributed by atoms with E-state index in [2.05, 4.69) is 48.1 Å². The Labute approximate surface area is 114 Å². The minimum Gasteiger partial charge on any atom is -0.327 e. The molecule has 1 atom stereocenters. The normalized spacial score (nSPS) is 12.4. The van der Waals surface area contributed by atoms with Crippen LogP contribution in [0.2, 0.25) is 0 Å². The number of hydrogen-bond donors (Lipinski definition) is 1. The van der Waals surface area contributed by atoms with Gasteiger partial charge in [-0.15, -0.1) is 0 Å². The van der Waals surface area contributed by atoms with E-state index in [1.807, 2.05) is 12.3 Å². The van der Waals surface area contributed by atoms with Gasteiger partial charge in [-0.1, -0.05) is 36.8 Å². The lowest BCUT2D eigenvalue weighted by atomic mass is 10.1. The number of rotatable bonds is 5. The molecule has 2 aromatic rings. The Morgan fingerprint density at radius 2 is 2.11 bits per heavy atom. The van der Waals surface area contributed by atoms with Crippen molar-refractivity contribution in [2.24, 2.45) is 5.73 Å². The summed E-state index contributed by atoms with van der Waals surface area (Å²) in [6, 6.07) is 10.6. The van der Waals surface area contributed by atoms with Crippen LogP contribution in [0.15, 0.2) is 36.5 Å². The molecule has 0 saturated heterocycles. The first-order chi connectivity index (χ1) is 9.17. The van der Waals surface area contributed by atoms with Gasteiger partial charge in [-0.05, 0) is 25.0 Å². The van der Waals surface area contributed by atoms with E-state index in [1.54, 1.807) is 0 Å². The zero-order valence-corrected chi connectivity index (χ0v) is 11.6. The minimum atomic E-state index is 0.182. The van der Waals surface area contributed by atoms with Crippen LogP contribution in [0.4, 0.5) is 0 Å². The van der Waals surface area contributed by atoms with Gasteiger partial charge in [0.15, 0.2) is 0 Å². The molecule has 1 aromatic heterocycles. The van der Waals surface area contributed by atoms with Gasteiger partial charge < -0.3 is 5.73 Å². The average molecular weight is 255 g/mol. The van der Waals surface area contributed by atoms with Gasteiger partial charge in [0.05, 0.1) is 0 Å². The third-order valence-corrected chi connectivity index (χ3v) is 3.20. The number of aromatic nitrogens is 2. The lowest BCUT2D eigenvalue weighted by Crippen LogP contribution is -2.22. The second kappa shape index (κ2) is 6.43. The summed E-state index contributed by atoms with van der Waals surface area (Å²) in [5.74, 6) is 0.867. The maximum Gasteiger partial charge on any atom is 0.132 e. The molecule has 0 aliphatic rings. The summed E-state index contributed by atoms with van der Waals surface area (Å²) >= 11 is 0. The summed E-state index contributed by atoms with van der Waals surface area (Å²) in [7, 11) is 0. The van der Waals surface area contributed by atoms with E-state index in [1.165, 1.54) is 11.1 Å². The van der Waals surface area contributed by atoms with Gasteiger partial charge in [-0.2, -0.15) is 0 Å². The first-order valence-corrected chi connectivity index (χ1v) is 6.79. The van der Waals surface area contributed by atoms with Gasteiger partial charge in [0, 0.05) is 30.8 Å². The molecule has 0 aliphatic carbocycles. The van der Waals surface area contributed by atoms with Crippen molar-refractivity contribution in [3.8, 4) is 0 Å². The van der Waals surface area contributed by atoms with Crippen LogP contribution in [0.3, 0.4) is 0 Å². The van der Waals surface area contributed by atoms with Crippen LogP contribution < -0.4 is 5.73 Å². The highest BCUT2D eigenvalue weighted by Gasteiger charge is 2.05. The smallest absolute Gasteiger partial charge is 0.132 e. The molecule has 0 fully saturated rings. The lowest BCUT2D eigenvalue weighted by Gasteiger charge is -2.09. The highest BCUT2D eigenvalue weighted by molar-refractivity contribution is 5.25. The summed E-state index contributed by atoms with van der Waals surface area (Å²) in [6.45, 7) is 4.20. The molecule has 0 radical (unpaired) electrons. The zero-order chi connectivity index (χ0) is 13.7. The standard InChI is InChI=1S/C16H21N3/c1-3-14(17)11-15-7-8-18-16(19-15)10-13-6-4-5-12(2)9-13/h4-9,14H,3,10-11,17H2,1-2H3. The maximum absolute atomic E-state index is 5.97. The molecule has 0 aliphatic heterocycles. The average Bonchev–Trinajstić information content (AvgIpc) is 2.39. The van der Waals surface area contributed by atoms with Crippen LogP contribution in [0.5, 0.6) is 0 Å². The second-order valence-corrected chi connectivity index (χ2v) is 5.00. The van der Waals surface area contributed by atoms with Gasteiger partial charge in [-0.25, -0.2) is 9.97 Å². The predicted octanol–water partition coefficient (Wildman–Crippen LogP) is 2.66. The second-order valence-electron chi connectivity index (χ2n) is 5.00. The Hall–Kier alpha value is -1.74. The van der Waals surface area contributed by atoms with Crippen molar-refractivity contribution in [3.63, 3.8) is 0 Å². The largest absolute Gasteiger partial charge is 0.327 e. The topological polar surface area (TPSA) is 51.8 Å². The SMILES string of the molecule is CCC(N)Cc1ccnc(Cc2cccc(C)c2)n1. The highest BCUT2D eigenvalue weighted by atomic mass is 14.9. The minimum absolute atomic E-state index is 0.182. The third kappa shape index (κ3) is 4.14. The van der Waals surface area contributed by atoms with Crippen molar-refractivity contribution in [1.29, 1.82) is 0 Å². The Balaban J connectivity index is 2.10. The van der Waals surface area contributed by atoms with E-state index in [0.29, 0.717) is 0 Å². The molecular formula is C16H21N3. The quantitative estimate of drug-likeness (QED) is 0.893. The Morgan fingerprint density at radius 1 is 1.26 bits per heavy atom. The fourth-order valence-electron chi connectivity index (χ4n) is 2.06. The van der Waals surface area contributed by atoms with Gasteiger partial charge in [0.2, 0.25) is 0 Å². The Kier molecular flexibility index (Phi) is 4.63. The fourth-order valence-corrected chi connectivity index (χ4v) is 2.06. The third-order valence-electron chi connectivity index (χ3n) is 3.20. The molecule has 2 N–H and O–H groups in total. The fraction of sp³-hybridized carbons (Fsp3) is 0.375. The van der Waals surface area contributed by atoms with Crippen molar-refractivity contribution in [1.82, 2.24) is 9.97 Å². The number of hydrogen-bond acceptors (Lipinski definition) is 3. The summed E-state index contributed by atoms with van der Waals surface area (Å²) in [6.07, 6.45) is 4.39. The number of nitrogens with zero attached hydrogens (tertiary/aromatic N) is 2. The predicted molar refractivity (Wildman–Crippen MR) is 78.0 cm³/mol. The molecule has 19 heavy (non-hydrogen) atoms. The summed E-state index contributed by atoms with van der Waals surface area (Å²) in [4.78, 5) is 8.94.